The number of hydrogen-bond acceptors (Lipinski definition) is 4. The van der Waals surface area contributed by atoms with Gasteiger partial charge in [-0.25, -0.2) is 13.7 Å². The first kappa shape index (κ1) is 15.9. The van der Waals surface area contributed by atoms with E-state index in [1.54, 1.807) is 36.4 Å². The molecule has 2 rings (SSSR count). The molecule has 1 atom stereocenters. The highest BCUT2D eigenvalue weighted by Gasteiger charge is 2.08. The standard InChI is InChI=1S/C16H14N2O3S/c1-21-16(19)14-6-8-15(9-7-14)22(20)18-11-13-4-2-12(10-17)3-5-13/h2-9,18H,11H2,1H3. The molecule has 0 aliphatic carbocycles. The smallest absolute Gasteiger partial charge is 0.337 e. The van der Waals surface area contributed by atoms with Gasteiger partial charge in [0.15, 0.2) is 0 Å². The Hall–Kier alpha value is -2.49. The summed E-state index contributed by atoms with van der Waals surface area (Å²) >= 11 is 0. The van der Waals surface area contributed by atoms with Gasteiger partial charge in [-0.2, -0.15) is 5.26 Å². The van der Waals surface area contributed by atoms with E-state index in [1.165, 1.54) is 7.11 Å². The third-order valence-corrected chi connectivity index (χ3v) is 4.09. The molecule has 2 aromatic rings. The van der Waals surface area contributed by atoms with Gasteiger partial charge in [0.05, 0.1) is 29.2 Å². The topological polar surface area (TPSA) is 79.2 Å². The second kappa shape index (κ2) is 7.50. The number of hydrogen-bond donors (Lipinski definition) is 1. The summed E-state index contributed by atoms with van der Waals surface area (Å²) in [7, 11) is -0.0686. The van der Waals surface area contributed by atoms with Crippen molar-refractivity contribution in [1.82, 2.24) is 4.72 Å². The van der Waals surface area contributed by atoms with E-state index < -0.39 is 17.0 Å². The van der Waals surface area contributed by atoms with Gasteiger partial charge >= 0.3 is 5.97 Å². The van der Waals surface area contributed by atoms with Crippen molar-refractivity contribution in [3.8, 4) is 6.07 Å². The number of nitrogens with one attached hydrogen (secondary N) is 1. The summed E-state index contributed by atoms with van der Waals surface area (Å²) in [6.07, 6.45) is 0. The molecule has 1 unspecified atom stereocenters. The van der Waals surface area contributed by atoms with Gasteiger partial charge in [-0.1, -0.05) is 12.1 Å². The molecule has 0 bridgehead atoms. The molecule has 0 spiro atoms. The molecule has 0 saturated carbocycles. The van der Waals surface area contributed by atoms with Crippen molar-refractivity contribution in [3.05, 3.63) is 65.2 Å². The number of carbonyl (C=O) groups is 1. The molecular weight excluding hydrogens is 300 g/mol. The molecule has 112 valence electrons. The average Bonchev–Trinajstić information content (AvgIpc) is 2.59. The maximum Gasteiger partial charge on any atom is 0.337 e. The molecule has 2 aromatic carbocycles. The van der Waals surface area contributed by atoms with Crippen LogP contribution >= 0.6 is 0 Å². The highest BCUT2D eigenvalue weighted by molar-refractivity contribution is 7.83. The number of nitrogens with zero attached hydrogens (tertiary/aromatic N) is 1. The number of carbonyl (C=O) groups excluding carboxylic acids is 1. The summed E-state index contributed by atoms with van der Waals surface area (Å²) in [6.45, 7) is 0.414. The first-order chi connectivity index (χ1) is 10.6. The monoisotopic (exact) mass is 314 g/mol. The van der Waals surface area contributed by atoms with Gasteiger partial charge in [0.2, 0.25) is 0 Å². The van der Waals surface area contributed by atoms with Crippen LogP contribution in [0.1, 0.15) is 21.5 Å². The van der Waals surface area contributed by atoms with E-state index in [1.807, 2.05) is 18.2 Å². The zero-order valence-electron chi connectivity index (χ0n) is 11.9. The van der Waals surface area contributed by atoms with E-state index in [9.17, 15) is 9.00 Å². The van der Waals surface area contributed by atoms with E-state index >= 15 is 0 Å². The Morgan fingerprint density at radius 1 is 1.18 bits per heavy atom. The number of esters is 1. The van der Waals surface area contributed by atoms with Gasteiger partial charge in [0, 0.05) is 6.54 Å². The molecular formula is C16H14N2O3S. The van der Waals surface area contributed by atoms with Gasteiger partial charge < -0.3 is 4.74 Å². The Balaban J connectivity index is 1.97. The van der Waals surface area contributed by atoms with Crippen molar-refractivity contribution in [2.75, 3.05) is 7.11 Å². The summed E-state index contributed by atoms with van der Waals surface area (Å²) < 4.78 is 19.6. The molecule has 0 fully saturated rings. The molecule has 0 amide bonds. The lowest BCUT2D eigenvalue weighted by molar-refractivity contribution is 0.0600. The van der Waals surface area contributed by atoms with Crippen molar-refractivity contribution in [2.45, 2.75) is 11.4 Å². The van der Waals surface area contributed by atoms with Gasteiger partial charge in [-0.3, -0.25) is 0 Å². The van der Waals surface area contributed by atoms with E-state index in [-0.39, 0.29) is 0 Å². The van der Waals surface area contributed by atoms with Crippen LogP contribution in [0.5, 0.6) is 0 Å². The van der Waals surface area contributed by atoms with Crippen LogP contribution in [0.4, 0.5) is 0 Å². The Morgan fingerprint density at radius 2 is 1.82 bits per heavy atom. The quantitative estimate of drug-likeness (QED) is 0.858. The fourth-order valence-electron chi connectivity index (χ4n) is 1.76. The van der Waals surface area contributed by atoms with Gasteiger partial charge in [-0.15, -0.1) is 0 Å². The first-order valence-corrected chi connectivity index (χ1v) is 7.61. The van der Waals surface area contributed by atoms with Crippen LogP contribution in [0.25, 0.3) is 0 Å². The normalized spacial score (nSPS) is 11.5. The van der Waals surface area contributed by atoms with Crippen molar-refractivity contribution in [3.63, 3.8) is 0 Å². The molecule has 0 heterocycles. The van der Waals surface area contributed by atoms with E-state index in [0.717, 1.165) is 5.56 Å². The second-order valence-electron chi connectivity index (χ2n) is 4.41. The van der Waals surface area contributed by atoms with Gasteiger partial charge in [0.25, 0.3) is 0 Å². The van der Waals surface area contributed by atoms with Crippen molar-refractivity contribution in [2.24, 2.45) is 0 Å². The molecule has 6 heteroatoms. The fourth-order valence-corrected chi connectivity index (χ4v) is 2.61. The summed E-state index contributed by atoms with van der Waals surface area (Å²) in [5.74, 6) is -0.428. The summed E-state index contributed by atoms with van der Waals surface area (Å²) in [5.41, 5.74) is 1.93. The lowest BCUT2D eigenvalue weighted by Crippen LogP contribution is -2.16. The maximum absolute atomic E-state index is 12.1. The predicted molar refractivity (Wildman–Crippen MR) is 82.2 cm³/mol. The number of nitriles is 1. The van der Waals surface area contributed by atoms with E-state index in [4.69, 9.17) is 5.26 Å². The number of methoxy groups -OCH3 is 1. The minimum atomic E-state index is -1.38. The number of ether oxygens (including phenoxy) is 1. The molecule has 0 saturated heterocycles. The van der Waals surface area contributed by atoms with Gasteiger partial charge in [-0.05, 0) is 42.0 Å². The third kappa shape index (κ3) is 4.01. The number of rotatable bonds is 5. The summed E-state index contributed by atoms with van der Waals surface area (Å²) in [6, 6.07) is 15.5. The minimum absolute atomic E-state index is 0.412. The van der Waals surface area contributed by atoms with E-state index in [2.05, 4.69) is 9.46 Å². The van der Waals surface area contributed by atoms with Crippen molar-refractivity contribution < 1.29 is 13.7 Å². The van der Waals surface area contributed by atoms with Crippen LogP contribution in [-0.4, -0.2) is 17.3 Å². The van der Waals surface area contributed by atoms with Crippen LogP contribution in [0.15, 0.2) is 53.4 Å². The Kier molecular flexibility index (Phi) is 5.42. The lowest BCUT2D eigenvalue weighted by atomic mass is 10.1. The zero-order chi connectivity index (χ0) is 15.9. The van der Waals surface area contributed by atoms with E-state index in [0.29, 0.717) is 22.6 Å². The van der Waals surface area contributed by atoms with Crippen molar-refractivity contribution in [1.29, 1.82) is 5.26 Å². The Labute approximate surface area is 131 Å². The summed E-state index contributed by atoms with van der Waals surface area (Å²) in [5, 5.41) is 8.73. The average molecular weight is 314 g/mol. The highest BCUT2D eigenvalue weighted by atomic mass is 32.2. The van der Waals surface area contributed by atoms with Crippen molar-refractivity contribution >= 4 is 17.0 Å². The third-order valence-electron chi connectivity index (χ3n) is 2.98. The Bertz CT molecular complexity index is 719. The highest BCUT2D eigenvalue weighted by Crippen LogP contribution is 2.10. The van der Waals surface area contributed by atoms with Crippen LogP contribution in [0.3, 0.4) is 0 Å². The predicted octanol–water partition coefficient (Wildman–Crippen LogP) is 2.16. The van der Waals surface area contributed by atoms with Crippen LogP contribution in [0, 0.1) is 11.3 Å². The van der Waals surface area contributed by atoms with Gasteiger partial charge in [0.1, 0.15) is 11.0 Å². The lowest BCUT2D eigenvalue weighted by Gasteiger charge is -2.06. The number of benzene rings is 2. The minimum Gasteiger partial charge on any atom is -0.465 e. The van der Waals surface area contributed by atoms with Crippen LogP contribution in [-0.2, 0) is 22.3 Å². The SMILES string of the molecule is COC(=O)c1ccc(S(=O)NCc2ccc(C#N)cc2)cc1. The molecule has 0 radical (unpaired) electrons. The molecule has 0 aliphatic rings. The zero-order valence-corrected chi connectivity index (χ0v) is 12.7. The Morgan fingerprint density at radius 3 is 2.36 bits per heavy atom. The van der Waals surface area contributed by atoms with Crippen LogP contribution < -0.4 is 4.72 Å². The second-order valence-corrected chi connectivity index (χ2v) is 5.71. The summed E-state index contributed by atoms with van der Waals surface area (Å²) in [4.78, 5) is 11.9. The molecule has 0 aliphatic heterocycles. The molecule has 22 heavy (non-hydrogen) atoms. The molecule has 1 N–H and O–H groups in total. The molecule has 0 aromatic heterocycles. The maximum atomic E-state index is 12.1. The largest absolute Gasteiger partial charge is 0.465 e. The first-order valence-electron chi connectivity index (χ1n) is 6.46. The van der Waals surface area contributed by atoms with Crippen LogP contribution in [0.2, 0.25) is 0 Å². The molecule has 5 nitrogen and oxygen atoms in total. The fraction of sp³-hybridized carbons (Fsp3) is 0.125.